The molecule has 15 rings (SSSR count). The molecular formula is C65H110O9. The zero-order chi connectivity index (χ0) is 47.1. The molecule has 1 saturated heterocycles. The topological polar surface area (TPSA) is 125 Å². The van der Waals surface area contributed by atoms with Crippen LogP contribution >= 0.6 is 0 Å². The minimum absolute atomic E-state index is 0. The van der Waals surface area contributed by atoms with Crippen LogP contribution in [-0.2, 0) is 38.1 Å². The monoisotopic (exact) mass is 1030 g/mol. The van der Waals surface area contributed by atoms with Gasteiger partial charge >= 0.3 is 17.9 Å². The Morgan fingerprint density at radius 2 is 1.01 bits per heavy atom. The molecule has 14 saturated carbocycles. The van der Waals surface area contributed by atoms with Gasteiger partial charge in [0.2, 0.25) is 6.29 Å². The molecule has 9 nitrogen and oxygen atoms in total. The first kappa shape index (κ1) is 59.5. The molecule has 0 radical (unpaired) electrons. The van der Waals surface area contributed by atoms with Crippen LogP contribution < -0.4 is 0 Å². The molecule has 28 unspecified atom stereocenters. The lowest BCUT2D eigenvalue weighted by Gasteiger charge is -2.52. The number of rotatable bonds is 8. The zero-order valence-corrected chi connectivity index (χ0v) is 42.7. The molecule has 15 fully saturated rings. The number of carbonyl (C=O) groups excluding carboxylic acids is 3. The van der Waals surface area contributed by atoms with E-state index in [0.717, 1.165) is 176 Å². The summed E-state index contributed by atoms with van der Waals surface area (Å²) >= 11 is 0. The third-order valence-corrected chi connectivity index (χ3v) is 25.6. The summed E-state index contributed by atoms with van der Waals surface area (Å²) in [6.07, 6.45) is 22.8. The van der Waals surface area contributed by atoms with Crippen molar-refractivity contribution < 1.29 is 43.2 Å². The standard InChI is InChI=1S/C29H40O3.C28H42O4.C2H4O2.6CH4/c1-29(28(30)32-21-4-2-3-7-31-21)12-15-9-20(29)27-19-11-18(24(15)27)25-16-10-17(26(19)25)23-14-6-5-13(8-14)22(16)23;1-6-28(4,13-27(2,3)25(29)31-5)26(30)32-20-11-16-10-17(20)24-19-12-18(23(16)24)21-14-7-8-15(9-14)22(19)21;1-2(3)4;;;;;;/h13-27H,2-12H2,1H3;14-24H,6-13H2,1-5H3;1H3,(H,3,4);6*1H4. The van der Waals surface area contributed by atoms with Gasteiger partial charge in [-0.3, -0.25) is 19.2 Å². The summed E-state index contributed by atoms with van der Waals surface area (Å²) in [6.45, 7) is 11.9. The quantitative estimate of drug-likeness (QED) is 0.144. The second kappa shape index (κ2) is 20.8. The normalized spacial score (nSPS) is 50.4. The summed E-state index contributed by atoms with van der Waals surface area (Å²) in [5.74, 6) is 22.2. The van der Waals surface area contributed by atoms with Gasteiger partial charge < -0.3 is 24.1 Å². The number of carboxylic acid groups (broad SMARTS) is 1. The first-order valence-corrected chi connectivity index (χ1v) is 28.9. The number of hydrogen-bond donors (Lipinski definition) is 1. The van der Waals surface area contributed by atoms with Crippen LogP contribution in [0.15, 0.2) is 0 Å². The van der Waals surface area contributed by atoms with Gasteiger partial charge in [0, 0.05) is 13.3 Å². The predicted octanol–water partition coefficient (Wildman–Crippen LogP) is 14.9. The lowest BCUT2D eigenvalue weighted by Crippen LogP contribution is -2.50. The third-order valence-electron chi connectivity index (χ3n) is 25.6. The lowest BCUT2D eigenvalue weighted by molar-refractivity contribution is -0.202. The number of ether oxygens (including phenoxy) is 4. The Kier molecular flexibility index (Phi) is 16.7. The molecule has 0 aromatic heterocycles. The van der Waals surface area contributed by atoms with Crippen molar-refractivity contribution in [2.75, 3.05) is 13.7 Å². The van der Waals surface area contributed by atoms with Gasteiger partial charge in [-0.05, 0) is 279 Å². The van der Waals surface area contributed by atoms with Crippen molar-refractivity contribution in [3.8, 4) is 0 Å². The Labute approximate surface area is 451 Å². The Morgan fingerprint density at radius 3 is 1.49 bits per heavy atom. The summed E-state index contributed by atoms with van der Waals surface area (Å²) in [5, 5.41) is 7.42. The van der Waals surface area contributed by atoms with Gasteiger partial charge in [0.05, 0.1) is 30.0 Å². The second-order valence-electron chi connectivity index (χ2n) is 28.4. The van der Waals surface area contributed by atoms with E-state index in [4.69, 9.17) is 28.8 Å². The molecule has 0 aromatic carbocycles. The maximum atomic E-state index is 13.5. The molecular weight excluding hydrogens is 925 g/mol. The second-order valence-corrected chi connectivity index (χ2v) is 28.4. The molecule has 424 valence electrons. The highest BCUT2D eigenvalue weighted by Crippen LogP contribution is 2.83. The first-order chi connectivity index (χ1) is 32.5. The minimum Gasteiger partial charge on any atom is -0.481 e. The first-order valence-electron chi connectivity index (χ1n) is 28.9. The van der Waals surface area contributed by atoms with Crippen molar-refractivity contribution >= 4 is 23.9 Å². The van der Waals surface area contributed by atoms with E-state index in [1.54, 1.807) is 25.7 Å². The Hall–Kier alpha value is -2.16. The maximum absolute atomic E-state index is 13.5. The van der Waals surface area contributed by atoms with Crippen molar-refractivity contribution in [2.24, 2.45) is 158 Å². The van der Waals surface area contributed by atoms with E-state index in [2.05, 4.69) is 6.92 Å². The largest absolute Gasteiger partial charge is 0.481 e. The van der Waals surface area contributed by atoms with Gasteiger partial charge in [0.1, 0.15) is 6.10 Å². The molecule has 28 atom stereocenters. The van der Waals surface area contributed by atoms with Crippen molar-refractivity contribution in [3.63, 3.8) is 0 Å². The fraction of sp³-hybridized carbons (Fsp3) is 0.938. The van der Waals surface area contributed by atoms with Crippen molar-refractivity contribution in [1.82, 2.24) is 0 Å². The summed E-state index contributed by atoms with van der Waals surface area (Å²) in [4.78, 5) is 48.3. The van der Waals surface area contributed by atoms with E-state index in [-0.39, 0.29) is 80.3 Å². The molecule has 9 heteroatoms. The van der Waals surface area contributed by atoms with Gasteiger partial charge in [-0.1, -0.05) is 51.5 Å². The Balaban J connectivity index is 0.000000188. The molecule has 1 heterocycles. The number of esters is 3. The van der Waals surface area contributed by atoms with Crippen LogP contribution in [-0.4, -0.2) is 55.1 Å². The Morgan fingerprint density at radius 1 is 0.554 bits per heavy atom. The van der Waals surface area contributed by atoms with Crippen LogP contribution in [0.25, 0.3) is 0 Å². The molecule has 14 bridgehead atoms. The van der Waals surface area contributed by atoms with E-state index in [1.165, 1.54) is 52.1 Å². The minimum atomic E-state index is -0.833. The van der Waals surface area contributed by atoms with Crippen molar-refractivity contribution in [1.29, 1.82) is 0 Å². The van der Waals surface area contributed by atoms with Crippen LogP contribution in [0, 0.1) is 158 Å². The number of methoxy groups -OCH3 is 1. The van der Waals surface area contributed by atoms with Gasteiger partial charge in [-0.15, -0.1) is 0 Å². The average molecular weight is 1040 g/mol. The number of carbonyl (C=O) groups is 4. The van der Waals surface area contributed by atoms with Crippen molar-refractivity contribution in [2.45, 2.75) is 214 Å². The average Bonchev–Trinajstić information content (AvgIpc) is 4.16. The molecule has 0 aromatic rings. The highest BCUT2D eigenvalue weighted by Gasteiger charge is 2.78. The van der Waals surface area contributed by atoms with Crippen LogP contribution in [0.1, 0.15) is 202 Å². The van der Waals surface area contributed by atoms with Crippen LogP contribution in [0.5, 0.6) is 0 Å². The SMILES string of the molecule is C.C.C.C.C.C.CC(=O)O.CC1(C(=O)OC2CCCCO2)CC2CC1C1C3CC(C21)C1C2CC(C4C5CCC(C5)C24)C31.CCC(C)(CC(C)(C)C(=O)OC)C(=O)OC1CC2CC1C1C3CC(C4C5CCC(C5)C34)C21. The predicted molar refractivity (Wildman–Crippen MR) is 294 cm³/mol. The molecule has 14 aliphatic carbocycles. The number of aliphatic carboxylic acids is 1. The van der Waals surface area contributed by atoms with E-state index in [9.17, 15) is 14.4 Å². The number of hydrogen-bond acceptors (Lipinski definition) is 8. The fourth-order valence-electron chi connectivity index (χ4n) is 24.5. The lowest BCUT2D eigenvalue weighted by atomic mass is 9.52. The van der Waals surface area contributed by atoms with Crippen LogP contribution in [0.4, 0.5) is 0 Å². The summed E-state index contributed by atoms with van der Waals surface area (Å²) in [7, 11) is 1.42. The smallest absolute Gasteiger partial charge is 0.314 e. The Bertz CT molecular complexity index is 2060. The molecule has 1 N–H and O–H groups in total. The van der Waals surface area contributed by atoms with Gasteiger partial charge in [-0.25, -0.2) is 0 Å². The highest BCUT2D eigenvalue weighted by atomic mass is 16.7. The molecule has 1 aliphatic heterocycles. The van der Waals surface area contributed by atoms with Crippen LogP contribution in [0.2, 0.25) is 0 Å². The molecule has 15 aliphatic rings. The zero-order valence-electron chi connectivity index (χ0n) is 42.7. The van der Waals surface area contributed by atoms with Gasteiger partial charge in [0.15, 0.2) is 0 Å². The van der Waals surface area contributed by atoms with Crippen LogP contribution in [0.3, 0.4) is 0 Å². The van der Waals surface area contributed by atoms with E-state index < -0.39 is 16.8 Å². The maximum Gasteiger partial charge on any atom is 0.314 e. The highest BCUT2D eigenvalue weighted by molar-refractivity contribution is 5.80. The summed E-state index contributed by atoms with van der Waals surface area (Å²) in [6, 6.07) is 0. The fourth-order valence-corrected chi connectivity index (χ4v) is 24.5. The molecule has 0 spiro atoms. The number of carboxylic acids is 1. The molecule has 74 heavy (non-hydrogen) atoms. The number of fused-ring (bicyclic) bond motifs is 39. The molecule has 0 amide bonds. The van der Waals surface area contributed by atoms with E-state index >= 15 is 0 Å². The van der Waals surface area contributed by atoms with Crippen molar-refractivity contribution in [3.05, 3.63) is 0 Å². The third kappa shape index (κ3) is 8.29. The summed E-state index contributed by atoms with van der Waals surface area (Å²) in [5.41, 5.74) is -1.58. The van der Waals surface area contributed by atoms with E-state index in [1.807, 2.05) is 27.7 Å². The van der Waals surface area contributed by atoms with E-state index in [0.29, 0.717) is 24.7 Å². The summed E-state index contributed by atoms with van der Waals surface area (Å²) < 4.78 is 23.2. The van der Waals surface area contributed by atoms with Gasteiger partial charge in [0.25, 0.3) is 5.97 Å². The van der Waals surface area contributed by atoms with Gasteiger partial charge in [-0.2, -0.15) is 0 Å².